The summed E-state index contributed by atoms with van der Waals surface area (Å²) < 4.78 is 7.60. The fourth-order valence-electron chi connectivity index (χ4n) is 3.60. The summed E-state index contributed by atoms with van der Waals surface area (Å²) in [5.41, 5.74) is 1.31. The Morgan fingerprint density at radius 1 is 0.967 bits per heavy atom. The van der Waals surface area contributed by atoms with Crippen molar-refractivity contribution in [2.45, 2.75) is 18.9 Å². The van der Waals surface area contributed by atoms with Gasteiger partial charge in [0.25, 0.3) is 5.91 Å². The molecule has 0 spiro atoms. The summed E-state index contributed by atoms with van der Waals surface area (Å²) in [5.74, 6) is 1.07. The zero-order valence-electron chi connectivity index (χ0n) is 16.3. The molecule has 0 N–H and O–H groups in total. The second-order valence-corrected chi connectivity index (χ2v) is 7.18. The summed E-state index contributed by atoms with van der Waals surface area (Å²) in [5, 5.41) is 13.4. The molecule has 0 radical (unpaired) electrons. The lowest BCUT2D eigenvalue weighted by molar-refractivity contribution is 0.0581. The van der Waals surface area contributed by atoms with Gasteiger partial charge in [-0.05, 0) is 24.3 Å². The number of carbonyl (C=O) groups excluding carboxylic acids is 1. The maximum absolute atomic E-state index is 12.9. The molecular formula is C22H20N6O2. The zero-order valence-corrected chi connectivity index (χ0v) is 16.3. The Hall–Kier alpha value is -3.81. The SMILES string of the molecule is O=C(c1ccc2ccccc2n1)N1CCC(Oc2ccc(-n3cccn3)nn2)CC1. The predicted octanol–water partition coefficient (Wildman–Crippen LogP) is 2.89. The quantitative estimate of drug-likeness (QED) is 0.524. The van der Waals surface area contributed by atoms with E-state index in [1.165, 1.54) is 0 Å². The monoisotopic (exact) mass is 400 g/mol. The molecule has 1 fully saturated rings. The number of pyridine rings is 1. The van der Waals surface area contributed by atoms with Crippen molar-refractivity contribution in [3.05, 3.63) is 72.7 Å². The van der Waals surface area contributed by atoms with Gasteiger partial charge in [0.2, 0.25) is 5.88 Å². The lowest BCUT2D eigenvalue weighted by Gasteiger charge is -2.31. The molecule has 1 aliphatic rings. The van der Waals surface area contributed by atoms with E-state index in [1.807, 2.05) is 53.6 Å². The van der Waals surface area contributed by atoms with Crippen LogP contribution in [0.15, 0.2) is 67.0 Å². The second kappa shape index (κ2) is 7.90. The zero-order chi connectivity index (χ0) is 20.3. The largest absolute Gasteiger partial charge is 0.473 e. The maximum Gasteiger partial charge on any atom is 0.272 e. The van der Waals surface area contributed by atoms with E-state index in [9.17, 15) is 4.79 Å². The number of nitrogens with zero attached hydrogens (tertiary/aromatic N) is 6. The van der Waals surface area contributed by atoms with E-state index in [0.29, 0.717) is 30.5 Å². The lowest BCUT2D eigenvalue weighted by Crippen LogP contribution is -2.42. The first-order valence-electron chi connectivity index (χ1n) is 9.92. The number of hydrogen-bond donors (Lipinski definition) is 0. The second-order valence-electron chi connectivity index (χ2n) is 7.18. The van der Waals surface area contributed by atoms with Crippen molar-refractivity contribution in [2.75, 3.05) is 13.1 Å². The fraction of sp³-hybridized carbons (Fsp3) is 0.227. The van der Waals surface area contributed by atoms with Gasteiger partial charge in [0.05, 0.1) is 5.52 Å². The van der Waals surface area contributed by atoms with Crippen LogP contribution in [-0.4, -0.2) is 55.0 Å². The lowest BCUT2D eigenvalue weighted by atomic mass is 10.1. The maximum atomic E-state index is 12.9. The van der Waals surface area contributed by atoms with Gasteiger partial charge in [-0.25, -0.2) is 9.67 Å². The summed E-state index contributed by atoms with van der Waals surface area (Å²) in [7, 11) is 0. The predicted molar refractivity (Wildman–Crippen MR) is 110 cm³/mol. The number of likely N-dealkylation sites (tertiary alicyclic amines) is 1. The minimum atomic E-state index is -0.0393. The molecule has 1 aromatic carbocycles. The molecule has 0 aliphatic carbocycles. The molecule has 4 aromatic rings. The van der Waals surface area contributed by atoms with Crippen LogP contribution >= 0.6 is 0 Å². The molecule has 30 heavy (non-hydrogen) atoms. The Balaban J connectivity index is 1.19. The molecule has 1 amide bonds. The van der Waals surface area contributed by atoms with E-state index in [2.05, 4.69) is 20.3 Å². The minimum absolute atomic E-state index is 0.00321. The van der Waals surface area contributed by atoms with Crippen LogP contribution < -0.4 is 4.74 Å². The number of benzene rings is 1. The van der Waals surface area contributed by atoms with E-state index in [1.54, 1.807) is 23.0 Å². The van der Waals surface area contributed by atoms with Crippen LogP contribution in [0.25, 0.3) is 16.7 Å². The van der Waals surface area contributed by atoms with Crippen LogP contribution in [0.2, 0.25) is 0 Å². The van der Waals surface area contributed by atoms with Gasteiger partial charge < -0.3 is 9.64 Å². The third-order valence-electron chi connectivity index (χ3n) is 5.20. The van der Waals surface area contributed by atoms with Crippen molar-refractivity contribution in [1.82, 2.24) is 29.9 Å². The molecule has 0 atom stereocenters. The molecule has 150 valence electrons. The van der Waals surface area contributed by atoms with Crippen LogP contribution in [0.3, 0.4) is 0 Å². The van der Waals surface area contributed by atoms with Gasteiger partial charge in [-0.1, -0.05) is 24.3 Å². The van der Waals surface area contributed by atoms with Crippen molar-refractivity contribution >= 4 is 16.8 Å². The number of para-hydroxylation sites is 1. The van der Waals surface area contributed by atoms with E-state index < -0.39 is 0 Å². The van der Waals surface area contributed by atoms with E-state index in [4.69, 9.17) is 4.74 Å². The summed E-state index contributed by atoms with van der Waals surface area (Å²) >= 11 is 0. The van der Waals surface area contributed by atoms with E-state index in [0.717, 1.165) is 23.7 Å². The molecule has 5 rings (SSSR count). The van der Waals surface area contributed by atoms with Crippen molar-refractivity contribution < 1.29 is 9.53 Å². The van der Waals surface area contributed by atoms with Crippen molar-refractivity contribution in [3.8, 4) is 11.7 Å². The third-order valence-corrected chi connectivity index (χ3v) is 5.20. The van der Waals surface area contributed by atoms with Crippen LogP contribution in [-0.2, 0) is 0 Å². The number of aromatic nitrogens is 5. The molecule has 0 unspecified atom stereocenters. The molecule has 8 heteroatoms. The van der Waals surface area contributed by atoms with Gasteiger partial charge in [0.15, 0.2) is 5.82 Å². The van der Waals surface area contributed by atoms with Crippen LogP contribution in [0.5, 0.6) is 5.88 Å². The number of fused-ring (bicyclic) bond motifs is 1. The normalized spacial score (nSPS) is 14.7. The highest BCUT2D eigenvalue weighted by Crippen LogP contribution is 2.20. The van der Waals surface area contributed by atoms with Crippen molar-refractivity contribution in [3.63, 3.8) is 0 Å². The molecule has 0 saturated carbocycles. The van der Waals surface area contributed by atoms with Crippen LogP contribution in [0, 0.1) is 0 Å². The third kappa shape index (κ3) is 3.71. The number of carbonyl (C=O) groups is 1. The summed E-state index contributed by atoms with van der Waals surface area (Å²) in [6, 6.07) is 17.0. The Morgan fingerprint density at radius 2 is 1.83 bits per heavy atom. The fourth-order valence-corrected chi connectivity index (χ4v) is 3.60. The van der Waals surface area contributed by atoms with Crippen molar-refractivity contribution in [1.29, 1.82) is 0 Å². The summed E-state index contributed by atoms with van der Waals surface area (Å²) in [6.45, 7) is 1.24. The number of amides is 1. The molecule has 8 nitrogen and oxygen atoms in total. The first kappa shape index (κ1) is 18.2. The topological polar surface area (TPSA) is 86.0 Å². The van der Waals surface area contributed by atoms with Gasteiger partial charge >= 0.3 is 0 Å². The Morgan fingerprint density at radius 3 is 2.60 bits per heavy atom. The Kier molecular flexibility index (Phi) is 4.80. The highest BCUT2D eigenvalue weighted by atomic mass is 16.5. The molecular weight excluding hydrogens is 380 g/mol. The highest BCUT2D eigenvalue weighted by molar-refractivity contribution is 5.94. The average molecular weight is 400 g/mol. The first-order valence-corrected chi connectivity index (χ1v) is 9.92. The van der Waals surface area contributed by atoms with Crippen LogP contribution in [0.4, 0.5) is 0 Å². The number of piperidine rings is 1. The van der Waals surface area contributed by atoms with Gasteiger partial charge in [-0.2, -0.15) is 5.10 Å². The van der Waals surface area contributed by atoms with Crippen LogP contribution in [0.1, 0.15) is 23.3 Å². The highest BCUT2D eigenvalue weighted by Gasteiger charge is 2.25. The van der Waals surface area contributed by atoms with Gasteiger partial charge in [-0.15, -0.1) is 10.2 Å². The van der Waals surface area contributed by atoms with Gasteiger partial charge in [0, 0.05) is 49.8 Å². The number of ether oxygens (including phenoxy) is 1. The Labute approximate surface area is 173 Å². The minimum Gasteiger partial charge on any atom is -0.473 e. The van der Waals surface area contributed by atoms with E-state index >= 15 is 0 Å². The average Bonchev–Trinajstić information content (AvgIpc) is 3.34. The standard InChI is InChI=1S/C22H20N6O2/c29-22(19-7-6-16-4-1-2-5-18(16)24-19)27-14-10-17(11-15-27)30-21-9-8-20(25-26-21)28-13-3-12-23-28/h1-9,12-13,17H,10-11,14-15H2. The number of rotatable bonds is 4. The summed E-state index contributed by atoms with van der Waals surface area (Å²) in [4.78, 5) is 19.2. The molecule has 0 bridgehead atoms. The molecule has 1 aliphatic heterocycles. The number of hydrogen-bond acceptors (Lipinski definition) is 6. The molecule has 4 heterocycles. The Bertz CT molecular complexity index is 1150. The van der Waals surface area contributed by atoms with E-state index in [-0.39, 0.29) is 12.0 Å². The molecule has 3 aromatic heterocycles. The summed E-state index contributed by atoms with van der Waals surface area (Å²) in [6.07, 6.45) is 4.98. The van der Waals surface area contributed by atoms with Gasteiger partial charge in [-0.3, -0.25) is 4.79 Å². The molecule has 1 saturated heterocycles. The first-order chi connectivity index (χ1) is 14.8. The van der Waals surface area contributed by atoms with Gasteiger partial charge in [0.1, 0.15) is 11.8 Å². The van der Waals surface area contributed by atoms with Crippen molar-refractivity contribution in [2.24, 2.45) is 0 Å². The smallest absolute Gasteiger partial charge is 0.272 e.